The topological polar surface area (TPSA) is 12.0 Å². The van der Waals surface area contributed by atoms with E-state index in [-0.39, 0.29) is 0 Å². The molecule has 0 bridgehead atoms. The van der Waals surface area contributed by atoms with Crippen LogP contribution in [-0.2, 0) is 6.42 Å². The van der Waals surface area contributed by atoms with Gasteiger partial charge in [-0.15, -0.1) is 0 Å². The molecule has 1 N–H and O–H groups in total. The van der Waals surface area contributed by atoms with Gasteiger partial charge in [-0.05, 0) is 30.0 Å². The summed E-state index contributed by atoms with van der Waals surface area (Å²) in [6.45, 7) is 10.0. The molecular formula is C15H25N. The van der Waals surface area contributed by atoms with Crippen LogP contribution in [0, 0.1) is 5.92 Å². The van der Waals surface area contributed by atoms with Gasteiger partial charge < -0.3 is 5.32 Å². The first-order chi connectivity index (χ1) is 7.72. The van der Waals surface area contributed by atoms with E-state index in [1.165, 1.54) is 17.5 Å². The Balaban J connectivity index is 2.90. The van der Waals surface area contributed by atoms with Gasteiger partial charge in [-0.3, -0.25) is 0 Å². The first-order valence-electron chi connectivity index (χ1n) is 6.55. The number of aryl methyl sites for hydroxylation is 1. The Morgan fingerprint density at radius 2 is 1.94 bits per heavy atom. The molecule has 0 aliphatic rings. The van der Waals surface area contributed by atoms with Gasteiger partial charge in [-0.25, -0.2) is 0 Å². The fraction of sp³-hybridized carbons (Fsp3) is 0.600. The third kappa shape index (κ3) is 3.34. The smallest absolute Gasteiger partial charge is 0.0345 e. The van der Waals surface area contributed by atoms with Crippen LogP contribution in [0.25, 0.3) is 0 Å². The van der Waals surface area contributed by atoms with Crippen LogP contribution in [0.15, 0.2) is 24.3 Å². The quantitative estimate of drug-likeness (QED) is 0.764. The van der Waals surface area contributed by atoms with Crippen LogP contribution in [0.4, 0.5) is 0 Å². The first kappa shape index (κ1) is 13.2. The summed E-state index contributed by atoms with van der Waals surface area (Å²) in [5.41, 5.74) is 2.87. The van der Waals surface area contributed by atoms with Crippen molar-refractivity contribution >= 4 is 0 Å². The van der Waals surface area contributed by atoms with Crippen molar-refractivity contribution in [2.45, 2.75) is 46.6 Å². The van der Waals surface area contributed by atoms with Crippen molar-refractivity contribution in [1.82, 2.24) is 5.32 Å². The van der Waals surface area contributed by atoms with Gasteiger partial charge in [0, 0.05) is 6.04 Å². The van der Waals surface area contributed by atoms with Crippen LogP contribution in [0.2, 0.25) is 0 Å². The van der Waals surface area contributed by atoms with E-state index < -0.39 is 0 Å². The highest BCUT2D eigenvalue weighted by molar-refractivity contribution is 5.26. The summed E-state index contributed by atoms with van der Waals surface area (Å²) >= 11 is 0. The van der Waals surface area contributed by atoms with Crippen LogP contribution in [-0.4, -0.2) is 6.54 Å². The molecule has 0 saturated heterocycles. The molecule has 0 aromatic heterocycles. The molecule has 1 aromatic carbocycles. The monoisotopic (exact) mass is 219 g/mol. The first-order valence-corrected chi connectivity index (χ1v) is 6.55. The Hall–Kier alpha value is -0.820. The molecule has 0 heterocycles. The summed E-state index contributed by atoms with van der Waals surface area (Å²) in [7, 11) is 0. The molecule has 0 spiro atoms. The lowest BCUT2D eigenvalue weighted by Crippen LogP contribution is -2.26. The maximum absolute atomic E-state index is 3.60. The summed E-state index contributed by atoms with van der Waals surface area (Å²) < 4.78 is 0. The highest BCUT2D eigenvalue weighted by atomic mass is 14.9. The Morgan fingerprint density at radius 3 is 2.50 bits per heavy atom. The largest absolute Gasteiger partial charge is 0.310 e. The zero-order chi connectivity index (χ0) is 12.0. The zero-order valence-corrected chi connectivity index (χ0v) is 11.1. The van der Waals surface area contributed by atoms with E-state index in [9.17, 15) is 0 Å². The van der Waals surface area contributed by atoms with Crippen molar-refractivity contribution in [1.29, 1.82) is 0 Å². The summed E-state index contributed by atoms with van der Waals surface area (Å²) in [6, 6.07) is 9.49. The maximum atomic E-state index is 3.60. The fourth-order valence-electron chi connectivity index (χ4n) is 2.11. The highest BCUT2D eigenvalue weighted by Crippen LogP contribution is 2.25. The molecule has 0 aliphatic heterocycles. The van der Waals surface area contributed by atoms with Crippen molar-refractivity contribution in [2.24, 2.45) is 5.92 Å². The summed E-state index contributed by atoms with van der Waals surface area (Å²) in [4.78, 5) is 0. The molecular weight excluding hydrogens is 194 g/mol. The van der Waals surface area contributed by atoms with Gasteiger partial charge in [-0.1, -0.05) is 58.4 Å². The Kier molecular flexibility index (Phi) is 5.54. The van der Waals surface area contributed by atoms with Crippen molar-refractivity contribution in [2.75, 3.05) is 6.54 Å². The molecule has 1 nitrogen and oxygen atoms in total. The van der Waals surface area contributed by atoms with Crippen LogP contribution in [0.3, 0.4) is 0 Å². The Morgan fingerprint density at radius 1 is 1.19 bits per heavy atom. The fourth-order valence-corrected chi connectivity index (χ4v) is 2.11. The van der Waals surface area contributed by atoms with Crippen LogP contribution < -0.4 is 5.32 Å². The maximum Gasteiger partial charge on any atom is 0.0345 e. The van der Waals surface area contributed by atoms with E-state index in [1.807, 2.05) is 0 Å². The molecule has 1 rings (SSSR count). The molecule has 1 heteroatoms. The second-order valence-corrected chi connectivity index (χ2v) is 4.52. The van der Waals surface area contributed by atoms with Crippen molar-refractivity contribution in [3.63, 3.8) is 0 Å². The highest BCUT2D eigenvalue weighted by Gasteiger charge is 2.16. The lowest BCUT2D eigenvalue weighted by Gasteiger charge is -2.24. The predicted molar refractivity (Wildman–Crippen MR) is 71.7 cm³/mol. The average molecular weight is 219 g/mol. The molecule has 0 radical (unpaired) electrons. The van der Waals surface area contributed by atoms with Gasteiger partial charge in [0.1, 0.15) is 0 Å². The molecule has 0 aliphatic carbocycles. The van der Waals surface area contributed by atoms with Gasteiger partial charge in [0.05, 0.1) is 0 Å². The third-order valence-corrected chi connectivity index (χ3v) is 3.36. The van der Waals surface area contributed by atoms with Crippen LogP contribution in [0.1, 0.15) is 51.3 Å². The molecule has 2 atom stereocenters. The molecule has 0 amide bonds. The number of nitrogens with one attached hydrogen (secondary N) is 1. The van der Waals surface area contributed by atoms with E-state index in [0.717, 1.165) is 13.0 Å². The Labute approximate surface area is 100 Å². The van der Waals surface area contributed by atoms with Gasteiger partial charge in [0.2, 0.25) is 0 Å². The minimum Gasteiger partial charge on any atom is -0.310 e. The van der Waals surface area contributed by atoms with Gasteiger partial charge in [-0.2, -0.15) is 0 Å². The minimum absolute atomic E-state index is 0.501. The number of rotatable bonds is 6. The van der Waals surface area contributed by atoms with Gasteiger partial charge in [0.25, 0.3) is 0 Å². The van der Waals surface area contributed by atoms with Gasteiger partial charge >= 0.3 is 0 Å². The lowest BCUT2D eigenvalue weighted by molar-refractivity contribution is 0.383. The van der Waals surface area contributed by atoms with Gasteiger partial charge in [0.15, 0.2) is 0 Å². The van der Waals surface area contributed by atoms with E-state index >= 15 is 0 Å². The number of hydrogen-bond donors (Lipinski definition) is 1. The molecule has 90 valence electrons. The van der Waals surface area contributed by atoms with Crippen molar-refractivity contribution in [3.8, 4) is 0 Å². The lowest BCUT2D eigenvalue weighted by atomic mass is 9.91. The number of hydrogen-bond acceptors (Lipinski definition) is 1. The Bertz CT molecular complexity index is 306. The van der Waals surface area contributed by atoms with Crippen molar-refractivity contribution in [3.05, 3.63) is 35.4 Å². The minimum atomic E-state index is 0.501. The van der Waals surface area contributed by atoms with E-state index in [0.29, 0.717) is 12.0 Å². The molecule has 0 fully saturated rings. The normalized spacial score (nSPS) is 14.8. The SMILES string of the molecule is CCNC(c1cccc(CC)c1)C(C)CC. The summed E-state index contributed by atoms with van der Waals surface area (Å²) in [6.07, 6.45) is 2.33. The molecule has 2 unspecified atom stereocenters. The average Bonchev–Trinajstić information content (AvgIpc) is 2.35. The molecule has 1 aromatic rings. The van der Waals surface area contributed by atoms with E-state index in [2.05, 4.69) is 57.3 Å². The second-order valence-electron chi connectivity index (χ2n) is 4.52. The predicted octanol–water partition coefficient (Wildman–Crippen LogP) is 3.95. The number of benzene rings is 1. The standard InChI is InChI=1S/C15H25N/c1-5-12(4)15(16-7-3)14-10-8-9-13(6-2)11-14/h8-12,15-16H,5-7H2,1-4H3. The molecule has 16 heavy (non-hydrogen) atoms. The van der Waals surface area contributed by atoms with E-state index in [4.69, 9.17) is 0 Å². The van der Waals surface area contributed by atoms with Crippen molar-refractivity contribution < 1.29 is 0 Å². The molecule has 0 saturated carbocycles. The second kappa shape index (κ2) is 6.70. The van der Waals surface area contributed by atoms with Crippen LogP contribution in [0.5, 0.6) is 0 Å². The third-order valence-electron chi connectivity index (χ3n) is 3.36. The summed E-state index contributed by atoms with van der Waals surface area (Å²) in [5, 5.41) is 3.60. The van der Waals surface area contributed by atoms with Crippen LogP contribution >= 0.6 is 0 Å². The van der Waals surface area contributed by atoms with E-state index in [1.54, 1.807) is 0 Å². The zero-order valence-electron chi connectivity index (χ0n) is 11.1. The summed E-state index contributed by atoms with van der Waals surface area (Å²) in [5.74, 6) is 0.687.